The van der Waals surface area contributed by atoms with Crippen LogP contribution in [0, 0.1) is 5.82 Å². The number of nitrogens with one attached hydrogen (secondary N) is 1. The Morgan fingerprint density at radius 3 is 2.76 bits per heavy atom. The first-order chi connectivity index (χ1) is 12.2. The molecule has 0 aliphatic carbocycles. The van der Waals surface area contributed by atoms with Crippen molar-refractivity contribution in [3.63, 3.8) is 0 Å². The van der Waals surface area contributed by atoms with Crippen LogP contribution in [0.25, 0.3) is 0 Å². The number of benzene rings is 1. The van der Waals surface area contributed by atoms with Crippen molar-refractivity contribution in [3.8, 4) is 0 Å². The van der Waals surface area contributed by atoms with Crippen molar-refractivity contribution in [2.45, 2.75) is 13.1 Å². The first-order valence-electron chi connectivity index (χ1n) is 8.17. The van der Waals surface area contributed by atoms with Gasteiger partial charge >= 0.3 is 0 Å². The Morgan fingerprint density at radius 2 is 2.12 bits per heavy atom. The van der Waals surface area contributed by atoms with Gasteiger partial charge in [-0.2, -0.15) is 0 Å². The Hall–Kier alpha value is -1.93. The molecule has 0 bridgehead atoms. The van der Waals surface area contributed by atoms with Crippen molar-refractivity contribution in [2.24, 2.45) is 4.99 Å². The van der Waals surface area contributed by atoms with Gasteiger partial charge in [-0.25, -0.2) is 4.39 Å². The van der Waals surface area contributed by atoms with E-state index in [9.17, 15) is 4.39 Å². The molecule has 0 saturated carbocycles. The van der Waals surface area contributed by atoms with Crippen molar-refractivity contribution in [1.82, 2.24) is 20.3 Å². The number of rotatable bonds is 4. The zero-order valence-electron chi connectivity index (χ0n) is 14.1. The lowest BCUT2D eigenvalue weighted by Gasteiger charge is -2.36. The number of hydrogen-bond acceptors (Lipinski definition) is 4. The summed E-state index contributed by atoms with van der Waals surface area (Å²) >= 11 is 3.17. The number of aliphatic imine (C=N–C) groups is 1. The molecule has 2 aromatic rings. The summed E-state index contributed by atoms with van der Waals surface area (Å²) in [6.07, 6.45) is 1.60. The largest absolute Gasteiger partial charge is 0.364 e. The van der Waals surface area contributed by atoms with Gasteiger partial charge in [0.25, 0.3) is 0 Å². The smallest absolute Gasteiger partial charge is 0.194 e. The van der Waals surface area contributed by atoms with Crippen LogP contribution in [0.4, 0.5) is 4.39 Å². The fourth-order valence-corrected chi connectivity index (χ4v) is 3.08. The second-order valence-corrected chi connectivity index (χ2v) is 6.76. The highest BCUT2D eigenvalue weighted by Gasteiger charge is 2.20. The molecule has 1 N–H and O–H groups in total. The van der Waals surface area contributed by atoms with Crippen LogP contribution in [0.2, 0.25) is 0 Å². The highest BCUT2D eigenvalue weighted by Crippen LogP contribution is 2.16. The van der Waals surface area contributed by atoms with E-state index >= 15 is 0 Å². The third-order valence-electron chi connectivity index (χ3n) is 4.20. The molecule has 8 heteroatoms. The van der Waals surface area contributed by atoms with E-state index in [0.717, 1.165) is 49.9 Å². The summed E-state index contributed by atoms with van der Waals surface area (Å²) < 4.78 is 19.0. The van der Waals surface area contributed by atoms with Crippen molar-refractivity contribution < 1.29 is 8.91 Å². The minimum atomic E-state index is -0.254. The molecule has 0 atom stereocenters. The summed E-state index contributed by atoms with van der Waals surface area (Å²) in [5, 5.41) is 7.27. The van der Waals surface area contributed by atoms with E-state index in [1.54, 1.807) is 19.4 Å². The molecule has 0 amide bonds. The molecular formula is C17H21BrFN5O. The first kappa shape index (κ1) is 17.9. The third-order valence-corrected chi connectivity index (χ3v) is 4.84. The van der Waals surface area contributed by atoms with Crippen molar-refractivity contribution >= 4 is 21.9 Å². The molecule has 134 valence electrons. The normalized spacial score (nSPS) is 16.3. The molecule has 1 saturated heterocycles. The monoisotopic (exact) mass is 409 g/mol. The van der Waals surface area contributed by atoms with E-state index in [4.69, 9.17) is 4.52 Å². The molecule has 0 unspecified atom stereocenters. The Bertz CT molecular complexity index is 714. The summed E-state index contributed by atoms with van der Waals surface area (Å²) in [6.45, 7) is 4.96. The highest BCUT2D eigenvalue weighted by atomic mass is 79.9. The van der Waals surface area contributed by atoms with E-state index in [1.165, 1.54) is 6.07 Å². The van der Waals surface area contributed by atoms with E-state index in [-0.39, 0.29) is 5.82 Å². The number of aromatic nitrogens is 1. The van der Waals surface area contributed by atoms with E-state index in [2.05, 4.69) is 41.2 Å². The molecule has 1 aliphatic rings. The maximum atomic E-state index is 13.6. The lowest BCUT2D eigenvalue weighted by atomic mass is 10.2. The quantitative estimate of drug-likeness (QED) is 0.620. The Balaban J connectivity index is 1.49. The van der Waals surface area contributed by atoms with Crippen LogP contribution in [-0.2, 0) is 13.1 Å². The zero-order valence-corrected chi connectivity index (χ0v) is 15.7. The minimum Gasteiger partial charge on any atom is -0.364 e. The van der Waals surface area contributed by atoms with Crippen LogP contribution < -0.4 is 5.32 Å². The molecule has 25 heavy (non-hydrogen) atoms. The molecule has 1 aromatic heterocycles. The molecule has 2 heterocycles. The number of hydrogen-bond donors (Lipinski definition) is 1. The van der Waals surface area contributed by atoms with Crippen LogP contribution in [0.3, 0.4) is 0 Å². The molecule has 6 nitrogen and oxygen atoms in total. The van der Waals surface area contributed by atoms with Crippen LogP contribution in [0.15, 0.2) is 44.5 Å². The lowest BCUT2D eigenvalue weighted by Crippen LogP contribution is -2.52. The second-order valence-electron chi connectivity index (χ2n) is 5.90. The van der Waals surface area contributed by atoms with Crippen molar-refractivity contribution in [3.05, 3.63) is 52.1 Å². The van der Waals surface area contributed by atoms with Crippen molar-refractivity contribution in [1.29, 1.82) is 0 Å². The van der Waals surface area contributed by atoms with Gasteiger partial charge in [0.05, 0.1) is 10.2 Å². The standard InChI is InChI=1S/C17H21BrFN5O/c1-20-17(21-11-13-2-3-15(18)16(19)10-13)24-7-5-23(6-8-24)12-14-4-9-25-22-14/h2-4,9-10H,5-8,11-12H2,1H3,(H,20,21). The van der Waals surface area contributed by atoms with Gasteiger partial charge in [0, 0.05) is 52.4 Å². The third kappa shape index (κ3) is 4.79. The predicted molar refractivity (Wildman–Crippen MR) is 97.7 cm³/mol. The van der Waals surface area contributed by atoms with Gasteiger partial charge in [-0.1, -0.05) is 11.2 Å². The molecule has 0 radical (unpaired) electrons. The van der Waals surface area contributed by atoms with E-state index in [0.29, 0.717) is 11.0 Å². The van der Waals surface area contributed by atoms with Gasteiger partial charge in [-0.05, 0) is 33.6 Å². The first-order valence-corrected chi connectivity index (χ1v) is 8.96. The molecular weight excluding hydrogens is 389 g/mol. The topological polar surface area (TPSA) is 56.9 Å². The van der Waals surface area contributed by atoms with Gasteiger partial charge in [-0.15, -0.1) is 0 Å². The summed E-state index contributed by atoms with van der Waals surface area (Å²) in [4.78, 5) is 8.91. The second kappa shape index (κ2) is 8.44. The van der Waals surface area contributed by atoms with Gasteiger partial charge in [0.2, 0.25) is 0 Å². The van der Waals surface area contributed by atoms with Crippen LogP contribution in [0.5, 0.6) is 0 Å². The maximum absolute atomic E-state index is 13.6. The van der Waals surface area contributed by atoms with Crippen LogP contribution >= 0.6 is 15.9 Å². The highest BCUT2D eigenvalue weighted by molar-refractivity contribution is 9.10. The molecule has 1 aliphatic heterocycles. The summed E-state index contributed by atoms with van der Waals surface area (Å²) in [5.41, 5.74) is 1.83. The number of halogens is 2. The maximum Gasteiger partial charge on any atom is 0.194 e. The van der Waals surface area contributed by atoms with Gasteiger partial charge in [0.1, 0.15) is 12.1 Å². The fourth-order valence-electron chi connectivity index (χ4n) is 2.83. The Kier molecular flexibility index (Phi) is 6.04. The average Bonchev–Trinajstić information content (AvgIpc) is 3.13. The summed E-state index contributed by atoms with van der Waals surface area (Å²) in [7, 11) is 1.77. The van der Waals surface area contributed by atoms with E-state index < -0.39 is 0 Å². The van der Waals surface area contributed by atoms with Gasteiger partial charge in [-0.3, -0.25) is 9.89 Å². The number of nitrogens with zero attached hydrogens (tertiary/aromatic N) is 4. The lowest BCUT2D eigenvalue weighted by molar-refractivity contribution is 0.169. The SMILES string of the molecule is CN=C(NCc1ccc(Br)c(F)c1)N1CCN(Cc2ccon2)CC1. The average molecular weight is 410 g/mol. The number of piperazine rings is 1. The molecule has 3 rings (SSSR count). The molecule has 0 spiro atoms. The van der Waals surface area contributed by atoms with Crippen molar-refractivity contribution in [2.75, 3.05) is 33.2 Å². The minimum absolute atomic E-state index is 0.254. The van der Waals surface area contributed by atoms with Crippen LogP contribution in [-0.4, -0.2) is 54.1 Å². The number of guanidine groups is 1. The van der Waals surface area contributed by atoms with Gasteiger partial charge in [0.15, 0.2) is 5.96 Å². The van der Waals surface area contributed by atoms with E-state index in [1.807, 2.05) is 12.1 Å². The Morgan fingerprint density at radius 1 is 1.32 bits per heavy atom. The fraction of sp³-hybridized carbons (Fsp3) is 0.412. The summed E-state index contributed by atoms with van der Waals surface area (Å²) in [5.74, 6) is 0.583. The van der Waals surface area contributed by atoms with Gasteiger partial charge < -0.3 is 14.7 Å². The Labute approximate surface area is 154 Å². The summed E-state index contributed by atoms with van der Waals surface area (Å²) in [6, 6.07) is 7.03. The zero-order chi connectivity index (χ0) is 17.6. The molecule has 1 fully saturated rings. The predicted octanol–water partition coefficient (Wildman–Crippen LogP) is 2.47. The molecule has 1 aromatic carbocycles. The van der Waals surface area contributed by atoms with Crippen LogP contribution in [0.1, 0.15) is 11.3 Å².